The van der Waals surface area contributed by atoms with Gasteiger partial charge in [-0.15, -0.1) is 0 Å². The van der Waals surface area contributed by atoms with Crippen LogP contribution in [0.5, 0.6) is 0 Å². The number of fused-ring (bicyclic) bond motifs is 1. The van der Waals surface area contributed by atoms with Crippen LogP contribution in [-0.4, -0.2) is 15.9 Å². The van der Waals surface area contributed by atoms with E-state index in [2.05, 4.69) is 61.7 Å². The van der Waals surface area contributed by atoms with E-state index in [4.69, 9.17) is 10.7 Å². The van der Waals surface area contributed by atoms with Gasteiger partial charge in [0, 0.05) is 18.2 Å². The molecule has 3 heteroatoms. The van der Waals surface area contributed by atoms with Crippen molar-refractivity contribution in [2.24, 2.45) is 5.73 Å². The Bertz CT molecular complexity index is 800. The molecule has 0 spiro atoms. The molecule has 0 saturated heterocycles. The van der Waals surface area contributed by atoms with E-state index in [1.54, 1.807) is 0 Å². The molecular formula is C18H21N3. The number of aryl methyl sites for hydroxylation is 3. The van der Waals surface area contributed by atoms with Gasteiger partial charge in [0.15, 0.2) is 0 Å². The molecule has 0 atom stereocenters. The van der Waals surface area contributed by atoms with Crippen LogP contribution in [0.15, 0.2) is 36.5 Å². The molecule has 2 heterocycles. The Kier molecular flexibility index (Phi) is 3.52. The maximum atomic E-state index is 5.80. The highest BCUT2D eigenvalue weighted by Gasteiger charge is 2.13. The Morgan fingerprint density at radius 3 is 2.57 bits per heavy atom. The fourth-order valence-electron chi connectivity index (χ4n) is 2.69. The summed E-state index contributed by atoms with van der Waals surface area (Å²) in [5.41, 5.74) is 14.0. The number of pyridine rings is 1. The van der Waals surface area contributed by atoms with Crippen LogP contribution in [0, 0.1) is 20.8 Å². The van der Waals surface area contributed by atoms with Crippen LogP contribution in [0.1, 0.15) is 22.4 Å². The highest BCUT2D eigenvalue weighted by Crippen LogP contribution is 2.27. The molecular weight excluding hydrogens is 258 g/mol. The first-order chi connectivity index (χ1) is 10.1. The molecule has 0 fully saturated rings. The van der Waals surface area contributed by atoms with Gasteiger partial charge in [-0.1, -0.05) is 12.1 Å². The van der Waals surface area contributed by atoms with Crippen molar-refractivity contribution >= 4 is 5.65 Å². The van der Waals surface area contributed by atoms with E-state index in [1.165, 1.54) is 27.9 Å². The molecule has 3 nitrogen and oxygen atoms in total. The van der Waals surface area contributed by atoms with Gasteiger partial charge in [-0.3, -0.25) is 0 Å². The van der Waals surface area contributed by atoms with E-state index in [1.807, 2.05) is 0 Å². The molecule has 0 radical (unpaired) electrons. The summed E-state index contributed by atoms with van der Waals surface area (Å²) in [7, 11) is 0. The molecule has 1 aromatic carbocycles. The minimum Gasteiger partial charge on any atom is -0.330 e. The number of imidazole rings is 1. The van der Waals surface area contributed by atoms with Gasteiger partial charge in [-0.25, -0.2) is 4.98 Å². The molecule has 3 rings (SSSR count). The SMILES string of the molecule is Cc1ccn2c(CCN)c(-c3ccc(C)c(C)c3)nc2c1. The van der Waals surface area contributed by atoms with Crippen LogP contribution >= 0.6 is 0 Å². The van der Waals surface area contributed by atoms with Crippen molar-refractivity contribution in [1.29, 1.82) is 0 Å². The number of hydrogen-bond acceptors (Lipinski definition) is 2. The summed E-state index contributed by atoms with van der Waals surface area (Å²) < 4.78 is 2.16. The van der Waals surface area contributed by atoms with Gasteiger partial charge in [0.25, 0.3) is 0 Å². The van der Waals surface area contributed by atoms with E-state index in [0.29, 0.717) is 6.54 Å². The second-order valence-electron chi connectivity index (χ2n) is 5.68. The molecule has 0 aliphatic carbocycles. The predicted octanol–water partition coefficient (Wildman–Crippen LogP) is 3.43. The van der Waals surface area contributed by atoms with Gasteiger partial charge in [0.2, 0.25) is 0 Å². The lowest BCUT2D eigenvalue weighted by atomic mass is 10.0. The summed E-state index contributed by atoms with van der Waals surface area (Å²) in [5.74, 6) is 0. The van der Waals surface area contributed by atoms with Crippen molar-refractivity contribution in [1.82, 2.24) is 9.38 Å². The van der Waals surface area contributed by atoms with Crippen molar-refractivity contribution in [3.8, 4) is 11.3 Å². The Morgan fingerprint density at radius 1 is 1.05 bits per heavy atom. The largest absolute Gasteiger partial charge is 0.330 e. The first-order valence-corrected chi connectivity index (χ1v) is 7.35. The third kappa shape index (κ3) is 2.45. The van der Waals surface area contributed by atoms with Gasteiger partial charge in [0.1, 0.15) is 5.65 Å². The smallest absolute Gasteiger partial charge is 0.137 e. The predicted molar refractivity (Wildman–Crippen MR) is 87.6 cm³/mol. The molecule has 21 heavy (non-hydrogen) atoms. The Balaban J connectivity index is 2.24. The maximum absolute atomic E-state index is 5.80. The summed E-state index contributed by atoms with van der Waals surface area (Å²) in [5, 5.41) is 0. The first kappa shape index (κ1) is 13.8. The Morgan fingerprint density at radius 2 is 1.86 bits per heavy atom. The second kappa shape index (κ2) is 5.34. The van der Waals surface area contributed by atoms with Crippen LogP contribution in [-0.2, 0) is 6.42 Å². The highest BCUT2D eigenvalue weighted by molar-refractivity contribution is 5.68. The normalized spacial score (nSPS) is 11.2. The topological polar surface area (TPSA) is 43.3 Å². The maximum Gasteiger partial charge on any atom is 0.137 e. The lowest BCUT2D eigenvalue weighted by Crippen LogP contribution is -2.06. The fourth-order valence-corrected chi connectivity index (χ4v) is 2.69. The minimum absolute atomic E-state index is 0.625. The minimum atomic E-state index is 0.625. The highest BCUT2D eigenvalue weighted by atomic mass is 15.0. The molecule has 0 amide bonds. The number of rotatable bonds is 3. The van der Waals surface area contributed by atoms with Gasteiger partial charge in [-0.05, 0) is 62.2 Å². The average molecular weight is 279 g/mol. The molecule has 0 saturated carbocycles. The van der Waals surface area contributed by atoms with Crippen molar-refractivity contribution in [3.63, 3.8) is 0 Å². The standard InChI is InChI=1S/C18H21N3/c1-12-7-9-21-16(6-8-19)18(20-17(21)10-12)15-5-4-13(2)14(3)11-15/h4-5,7,9-11H,6,8,19H2,1-3H3. The van der Waals surface area contributed by atoms with Gasteiger partial charge >= 0.3 is 0 Å². The monoisotopic (exact) mass is 279 g/mol. The first-order valence-electron chi connectivity index (χ1n) is 7.35. The van der Waals surface area contributed by atoms with Crippen LogP contribution in [0.2, 0.25) is 0 Å². The molecule has 2 aromatic heterocycles. The number of aromatic nitrogens is 2. The molecule has 0 aliphatic rings. The molecule has 0 unspecified atom stereocenters. The quantitative estimate of drug-likeness (QED) is 0.798. The van der Waals surface area contributed by atoms with Gasteiger partial charge in [0.05, 0.1) is 11.4 Å². The average Bonchev–Trinajstić information content (AvgIpc) is 2.80. The van der Waals surface area contributed by atoms with Gasteiger partial charge < -0.3 is 10.1 Å². The van der Waals surface area contributed by atoms with Crippen LogP contribution in [0.3, 0.4) is 0 Å². The Hall–Kier alpha value is -2.13. The summed E-state index contributed by atoms with van der Waals surface area (Å²) in [6.07, 6.45) is 2.92. The van der Waals surface area contributed by atoms with Crippen molar-refractivity contribution < 1.29 is 0 Å². The summed E-state index contributed by atoms with van der Waals surface area (Å²) >= 11 is 0. The lowest BCUT2D eigenvalue weighted by molar-refractivity contribution is 0.906. The molecule has 108 valence electrons. The number of nitrogens with two attached hydrogens (primary N) is 1. The lowest BCUT2D eigenvalue weighted by Gasteiger charge is -2.06. The van der Waals surface area contributed by atoms with E-state index < -0.39 is 0 Å². The summed E-state index contributed by atoms with van der Waals surface area (Å²) in [6, 6.07) is 10.7. The molecule has 0 aliphatic heterocycles. The van der Waals surface area contributed by atoms with Crippen LogP contribution in [0.4, 0.5) is 0 Å². The van der Waals surface area contributed by atoms with E-state index in [0.717, 1.165) is 17.8 Å². The van der Waals surface area contributed by atoms with Crippen molar-refractivity contribution in [2.45, 2.75) is 27.2 Å². The number of nitrogens with zero attached hydrogens (tertiary/aromatic N) is 2. The zero-order valence-corrected chi connectivity index (χ0v) is 12.9. The van der Waals surface area contributed by atoms with E-state index in [-0.39, 0.29) is 0 Å². The fraction of sp³-hybridized carbons (Fsp3) is 0.278. The number of hydrogen-bond donors (Lipinski definition) is 1. The Labute approximate surface area is 125 Å². The van der Waals surface area contributed by atoms with Crippen molar-refractivity contribution in [3.05, 3.63) is 58.9 Å². The van der Waals surface area contributed by atoms with E-state index >= 15 is 0 Å². The molecule has 2 N–H and O–H groups in total. The third-order valence-corrected chi connectivity index (χ3v) is 4.04. The van der Waals surface area contributed by atoms with E-state index in [9.17, 15) is 0 Å². The second-order valence-corrected chi connectivity index (χ2v) is 5.68. The van der Waals surface area contributed by atoms with Gasteiger partial charge in [-0.2, -0.15) is 0 Å². The third-order valence-electron chi connectivity index (χ3n) is 4.04. The summed E-state index contributed by atoms with van der Waals surface area (Å²) in [6.45, 7) is 6.99. The zero-order valence-electron chi connectivity index (χ0n) is 12.9. The summed E-state index contributed by atoms with van der Waals surface area (Å²) in [4.78, 5) is 4.84. The van der Waals surface area contributed by atoms with Crippen LogP contribution < -0.4 is 5.73 Å². The molecule has 3 aromatic rings. The van der Waals surface area contributed by atoms with Crippen LogP contribution in [0.25, 0.3) is 16.9 Å². The zero-order chi connectivity index (χ0) is 15.0. The number of benzene rings is 1. The van der Waals surface area contributed by atoms with Crippen molar-refractivity contribution in [2.75, 3.05) is 6.54 Å². The molecule has 0 bridgehead atoms.